The van der Waals surface area contributed by atoms with E-state index in [1.165, 1.54) is 11.1 Å². The molecular weight excluding hydrogens is 342 g/mol. The number of carbonyl (C=O) groups is 1. The second-order valence-electron chi connectivity index (χ2n) is 8.55. The number of nitrogens with zero attached hydrogens (tertiary/aromatic N) is 1. The van der Waals surface area contributed by atoms with E-state index in [-0.39, 0.29) is 17.4 Å². The number of carboxylic acids is 1. The van der Waals surface area contributed by atoms with Crippen molar-refractivity contribution in [2.75, 3.05) is 32.8 Å². The molecule has 1 aromatic rings. The highest BCUT2D eigenvalue weighted by Gasteiger charge is 2.43. The van der Waals surface area contributed by atoms with Crippen LogP contribution >= 0.6 is 0 Å². The van der Waals surface area contributed by atoms with Gasteiger partial charge in [0.05, 0.1) is 19.1 Å². The first-order chi connectivity index (χ1) is 13.1. The topological polar surface area (TPSA) is 59.0 Å². The summed E-state index contributed by atoms with van der Waals surface area (Å²) in [5, 5.41) is 9.31. The van der Waals surface area contributed by atoms with Crippen molar-refractivity contribution in [2.24, 2.45) is 5.92 Å². The normalized spacial score (nSPS) is 29.4. The third-order valence-electron chi connectivity index (χ3n) is 6.77. The van der Waals surface area contributed by atoms with Crippen LogP contribution in [0.1, 0.15) is 50.2 Å². The van der Waals surface area contributed by atoms with Crippen molar-refractivity contribution in [2.45, 2.75) is 57.0 Å². The molecule has 3 aliphatic rings. The van der Waals surface area contributed by atoms with Crippen LogP contribution in [0.3, 0.4) is 0 Å². The highest BCUT2D eigenvalue weighted by Crippen LogP contribution is 2.50. The Balaban J connectivity index is 1.43. The Hall–Kier alpha value is -1.59. The van der Waals surface area contributed by atoms with Crippen LogP contribution in [0.15, 0.2) is 18.2 Å². The maximum Gasteiger partial charge on any atom is 0.306 e. The molecule has 1 aliphatic heterocycles. The van der Waals surface area contributed by atoms with Gasteiger partial charge in [-0.3, -0.25) is 9.69 Å². The van der Waals surface area contributed by atoms with E-state index in [4.69, 9.17) is 9.47 Å². The van der Waals surface area contributed by atoms with Crippen LogP contribution < -0.4 is 4.74 Å². The van der Waals surface area contributed by atoms with Crippen LogP contribution in [0.4, 0.5) is 0 Å². The molecule has 0 unspecified atom stereocenters. The van der Waals surface area contributed by atoms with Crippen molar-refractivity contribution in [3.8, 4) is 5.75 Å². The number of hydrogen-bond donors (Lipinski definition) is 1. The molecule has 2 fully saturated rings. The first-order valence-corrected chi connectivity index (χ1v) is 10.4. The second kappa shape index (κ2) is 7.80. The number of aliphatic carboxylic acids is 1. The monoisotopic (exact) mass is 373 g/mol. The van der Waals surface area contributed by atoms with Crippen molar-refractivity contribution < 1.29 is 19.4 Å². The molecule has 0 aromatic heterocycles. The van der Waals surface area contributed by atoms with Gasteiger partial charge in [0.2, 0.25) is 0 Å². The average Bonchev–Trinajstić information content (AvgIpc) is 3.01. The van der Waals surface area contributed by atoms with E-state index in [2.05, 4.69) is 30.0 Å². The number of benzene rings is 1. The summed E-state index contributed by atoms with van der Waals surface area (Å²) in [5.74, 6) is 0.167. The zero-order valence-corrected chi connectivity index (χ0v) is 16.3. The van der Waals surface area contributed by atoms with Crippen molar-refractivity contribution in [3.05, 3.63) is 29.3 Å². The summed E-state index contributed by atoms with van der Waals surface area (Å²) in [6.07, 6.45) is 5.98. The van der Waals surface area contributed by atoms with Gasteiger partial charge in [-0.05, 0) is 74.1 Å². The third-order valence-corrected chi connectivity index (χ3v) is 6.77. The summed E-state index contributed by atoms with van der Waals surface area (Å²) in [4.78, 5) is 13.7. The van der Waals surface area contributed by atoms with Crippen LogP contribution in [-0.4, -0.2) is 54.9 Å². The summed E-state index contributed by atoms with van der Waals surface area (Å²) in [6.45, 7) is 6.64. The summed E-state index contributed by atoms with van der Waals surface area (Å²) < 4.78 is 11.7. The molecule has 5 nitrogen and oxygen atoms in total. The lowest BCUT2D eigenvalue weighted by Gasteiger charge is -2.37. The smallest absolute Gasteiger partial charge is 0.306 e. The van der Waals surface area contributed by atoms with Crippen molar-refractivity contribution >= 4 is 5.97 Å². The van der Waals surface area contributed by atoms with E-state index in [1.54, 1.807) is 0 Å². The minimum absolute atomic E-state index is 0.140. The van der Waals surface area contributed by atoms with Crippen LogP contribution in [-0.2, 0) is 21.4 Å². The number of carboxylic acid groups (broad SMARTS) is 1. The molecule has 1 atom stereocenters. The van der Waals surface area contributed by atoms with E-state index >= 15 is 0 Å². The zero-order chi connectivity index (χ0) is 18.9. The standard InChI is InChI=1S/C22H31NO4/c1-16(15-23-10-12-26-13-11-23)27-19-3-2-17-4-7-22(20(17)14-19)8-5-18(6-9-22)21(24)25/h2-3,14,16,18H,4-13,15H2,1H3,(H,24,25)/t16-,18?,22?/m0/s1. The number of aryl methyl sites for hydroxylation is 1. The Morgan fingerprint density at radius 1 is 1.30 bits per heavy atom. The van der Waals surface area contributed by atoms with Crippen LogP contribution in [0.5, 0.6) is 5.75 Å². The maximum absolute atomic E-state index is 11.3. The SMILES string of the molecule is C[C@@H](CN1CCOCC1)Oc1ccc2c(c1)C1(CC2)CCC(C(=O)O)CC1. The maximum atomic E-state index is 11.3. The van der Waals surface area contributed by atoms with Crippen molar-refractivity contribution in [3.63, 3.8) is 0 Å². The Kier molecular flexibility index (Phi) is 5.42. The van der Waals surface area contributed by atoms with Crippen LogP contribution in [0, 0.1) is 5.92 Å². The van der Waals surface area contributed by atoms with E-state index in [0.29, 0.717) is 0 Å². The Bertz CT molecular complexity index is 675. The minimum Gasteiger partial charge on any atom is -0.489 e. The number of morpholine rings is 1. The van der Waals surface area contributed by atoms with Gasteiger partial charge in [-0.25, -0.2) is 0 Å². The molecule has 5 heteroatoms. The summed E-state index contributed by atoms with van der Waals surface area (Å²) in [7, 11) is 0. The quantitative estimate of drug-likeness (QED) is 0.859. The fourth-order valence-electron chi connectivity index (χ4n) is 5.20. The molecule has 4 rings (SSSR count). The number of ether oxygens (including phenoxy) is 2. The predicted molar refractivity (Wildman–Crippen MR) is 103 cm³/mol. The largest absolute Gasteiger partial charge is 0.489 e. The zero-order valence-electron chi connectivity index (χ0n) is 16.3. The van der Waals surface area contributed by atoms with E-state index in [1.807, 2.05) is 0 Å². The molecule has 1 saturated carbocycles. The van der Waals surface area contributed by atoms with E-state index in [9.17, 15) is 9.90 Å². The first-order valence-electron chi connectivity index (χ1n) is 10.4. The van der Waals surface area contributed by atoms with Gasteiger partial charge in [-0.1, -0.05) is 6.07 Å². The van der Waals surface area contributed by atoms with Gasteiger partial charge in [0.25, 0.3) is 0 Å². The molecule has 0 amide bonds. The van der Waals surface area contributed by atoms with Gasteiger partial charge in [0.1, 0.15) is 11.9 Å². The molecule has 2 aliphatic carbocycles. The average molecular weight is 373 g/mol. The molecule has 1 spiro atoms. The van der Waals surface area contributed by atoms with Crippen LogP contribution in [0.2, 0.25) is 0 Å². The van der Waals surface area contributed by atoms with Gasteiger partial charge in [0, 0.05) is 19.6 Å². The molecule has 1 saturated heterocycles. The second-order valence-corrected chi connectivity index (χ2v) is 8.55. The Labute approximate surface area is 161 Å². The van der Waals surface area contributed by atoms with Gasteiger partial charge in [0.15, 0.2) is 0 Å². The predicted octanol–water partition coefficient (Wildman–Crippen LogP) is 3.24. The molecule has 148 valence electrons. The van der Waals surface area contributed by atoms with Gasteiger partial charge < -0.3 is 14.6 Å². The fourth-order valence-corrected chi connectivity index (χ4v) is 5.20. The number of hydrogen-bond acceptors (Lipinski definition) is 4. The Morgan fingerprint density at radius 3 is 2.74 bits per heavy atom. The molecule has 0 radical (unpaired) electrons. The van der Waals surface area contributed by atoms with E-state index in [0.717, 1.165) is 77.1 Å². The first kappa shape index (κ1) is 18.8. The van der Waals surface area contributed by atoms with Gasteiger partial charge in [-0.2, -0.15) is 0 Å². The summed E-state index contributed by atoms with van der Waals surface area (Å²) in [5.41, 5.74) is 3.02. The summed E-state index contributed by atoms with van der Waals surface area (Å²) in [6, 6.07) is 6.58. The number of fused-ring (bicyclic) bond motifs is 2. The van der Waals surface area contributed by atoms with E-state index < -0.39 is 5.97 Å². The van der Waals surface area contributed by atoms with Gasteiger partial charge >= 0.3 is 5.97 Å². The Morgan fingerprint density at radius 2 is 2.04 bits per heavy atom. The molecule has 1 N–H and O–H groups in total. The van der Waals surface area contributed by atoms with Gasteiger partial charge in [-0.15, -0.1) is 0 Å². The highest BCUT2D eigenvalue weighted by atomic mass is 16.5. The molecule has 1 heterocycles. The number of rotatable bonds is 5. The summed E-state index contributed by atoms with van der Waals surface area (Å²) >= 11 is 0. The molecule has 0 bridgehead atoms. The van der Waals surface area contributed by atoms with Crippen LogP contribution in [0.25, 0.3) is 0 Å². The molecular formula is C22H31NO4. The highest BCUT2D eigenvalue weighted by molar-refractivity contribution is 5.70. The molecule has 1 aromatic carbocycles. The van der Waals surface area contributed by atoms with Crippen molar-refractivity contribution in [1.82, 2.24) is 4.90 Å². The fraction of sp³-hybridized carbons (Fsp3) is 0.682. The lowest BCUT2D eigenvalue weighted by molar-refractivity contribution is -0.143. The molecule has 27 heavy (non-hydrogen) atoms. The lowest BCUT2D eigenvalue weighted by atomic mass is 9.67. The minimum atomic E-state index is -0.628. The third kappa shape index (κ3) is 3.99. The lowest BCUT2D eigenvalue weighted by Crippen LogP contribution is -2.41. The van der Waals surface area contributed by atoms with Crippen molar-refractivity contribution in [1.29, 1.82) is 0 Å².